The average Bonchev–Trinajstić information content (AvgIpc) is 2.90. The number of benzene rings is 1. The summed E-state index contributed by atoms with van der Waals surface area (Å²) in [6.45, 7) is 2.29. The van der Waals surface area contributed by atoms with Crippen LogP contribution in [-0.2, 0) is 6.54 Å². The molecule has 1 aromatic heterocycles. The largest absolute Gasteiger partial charge is 0.332 e. The molecule has 0 aliphatic carbocycles. The van der Waals surface area contributed by atoms with Gasteiger partial charge in [0, 0.05) is 12.2 Å². The predicted octanol–water partition coefficient (Wildman–Crippen LogP) is 3.31. The van der Waals surface area contributed by atoms with E-state index in [1.807, 2.05) is 24.0 Å². The van der Waals surface area contributed by atoms with Crippen LogP contribution in [0.5, 0.6) is 0 Å². The monoisotopic (exact) mass is 334 g/mol. The molecule has 2 aliphatic heterocycles. The molecule has 0 saturated carbocycles. The van der Waals surface area contributed by atoms with Crippen LogP contribution in [-0.4, -0.2) is 33.0 Å². The lowest BCUT2D eigenvalue weighted by Gasteiger charge is -2.34. The van der Waals surface area contributed by atoms with Crippen molar-refractivity contribution in [3.8, 4) is 0 Å². The molecule has 4 rings (SSSR count). The standard InChI is InChI=1S/C20H22N4O/c1-14-21-10-9-17(23-14)13-22-20(25)24-18-7-8-19(24)12-16(11-18)15-5-3-2-4-6-15/h2-6,9-11,18-19H,7-8,12-13H2,1H3,(H,22,25). The maximum Gasteiger partial charge on any atom is 0.318 e. The second-order valence-corrected chi connectivity index (χ2v) is 6.72. The van der Waals surface area contributed by atoms with Gasteiger partial charge in [0.2, 0.25) is 0 Å². The number of nitrogens with zero attached hydrogens (tertiary/aromatic N) is 3. The van der Waals surface area contributed by atoms with Crippen molar-refractivity contribution in [2.75, 3.05) is 0 Å². The lowest BCUT2D eigenvalue weighted by atomic mass is 9.95. The molecular weight excluding hydrogens is 312 g/mol. The van der Waals surface area contributed by atoms with E-state index in [2.05, 4.69) is 45.6 Å². The number of fused-ring (bicyclic) bond motifs is 2. The summed E-state index contributed by atoms with van der Waals surface area (Å²) in [4.78, 5) is 23.1. The van der Waals surface area contributed by atoms with Crippen molar-refractivity contribution < 1.29 is 4.79 Å². The highest BCUT2D eigenvalue weighted by Crippen LogP contribution is 2.38. The second-order valence-electron chi connectivity index (χ2n) is 6.72. The number of aromatic nitrogens is 2. The third-order valence-corrected chi connectivity index (χ3v) is 5.03. The lowest BCUT2D eigenvalue weighted by Crippen LogP contribution is -2.48. The van der Waals surface area contributed by atoms with Crippen molar-refractivity contribution in [2.24, 2.45) is 0 Å². The zero-order chi connectivity index (χ0) is 17.2. The maximum atomic E-state index is 12.7. The smallest absolute Gasteiger partial charge is 0.318 e. The van der Waals surface area contributed by atoms with Gasteiger partial charge >= 0.3 is 6.03 Å². The molecule has 1 aromatic carbocycles. The number of amides is 2. The number of rotatable bonds is 3. The van der Waals surface area contributed by atoms with Crippen LogP contribution in [0.1, 0.15) is 36.3 Å². The topological polar surface area (TPSA) is 58.1 Å². The number of urea groups is 1. The molecule has 5 nitrogen and oxygen atoms in total. The van der Waals surface area contributed by atoms with E-state index < -0.39 is 0 Å². The van der Waals surface area contributed by atoms with Crippen LogP contribution in [0.4, 0.5) is 4.79 Å². The summed E-state index contributed by atoms with van der Waals surface area (Å²) in [5.74, 6) is 0.722. The lowest BCUT2D eigenvalue weighted by molar-refractivity contribution is 0.179. The Balaban J connectivity index is 1.45. The maximum absolute atomic E-state index is 12.7. The fourth-order valence-electron chi connectivity index (χ4n) is 3.87. The van der Waals surface area contributed by atoms with Crippen LogP contribution in [0, 0.1) is 6.92 Å². The molecule has 5 heteroatoms. The number of nitrogens with one attached hydrogen (secondary N) is 1. The minimum atomic E-state index is 0.00660. The second kappa shape index (κ2) is 6.67. The van der Waals surface area contributed by atoms with E-state index >= 15 is 0 Å². The molecule has 2 aromatic rings. The van der Waals surface area contributed by atoms with Gasteiger partial charge in [-0.15, -0.1) is 0 Å². The number of hydrogen-bond acceptors (Lipinski definition) is 3. The third-order valence-electron chi connectivity index (χ3n) is 5.03. The molecule has 2 aliphatic rings. The van der Waals surface area contributed by atoms with E-state index in [1.54, 1.807) is 6.20 Å². The van der Waals surface area contributed by atoms with Crippen molar-refractivity contribution in [3.05, 3.63) is 65.8 Å². The summed E-state index contributed by atoms with van der Waals surface area (Å²) >= 11 is 0. The van der Waals surface area contributed by atoms with Gasteiger partial charge in [-0.3, -0.25) is 0 Å². The minimum Gasteiger partial charge on any atom is -0.332 e. The van der Waals surface area contributed by atoms with Crippen LogP contribution >= 0.6 is 0 Å². The predicted molar refractivity (Wildman–Crippen MR) is 96.7 cm³/mol. The molecule has 0 spiro atoms. The van der Waals surface area contributed by atoms with Gasteiger partial charge in [0.1, 0.15) is 5.82 Å². The molecule has 3 heterocycles. The van der Waals surface area contributed by atoms with Crippen molar-refractivity contribution in [2.45, 2.75) is 44.8 Å². The van der Waals surface area contributed by atoms with Crippen molar-refractivity contribution >= 4 is 11.6 Å². The van der Waals surface area contributed by atoms with E-state index in [9.17, 15) is 4.79 Å². The Bertz CT molecular complexity index is 802. The fraction of sp³-hybridized carbons (Fsp3) is 0.350. The summed E-state index contributed by atoms with van der Waals surface area (Å²) in [6.07, 6.45) is 7.04. The average molecular weight is 334 g/mol. The van der Waals surface area contributed by atoms with E-state index in [1.165, 1.54) is 11.1 Å². The highest BCUT2D eigenvalue weighted by atomic mass is 16.2. The van der Waals surface area contributed by atoms with Crippen LogP contribution < -0.4 is 5.32 Å². The summed E-state index contributed by atoms with van der Waals surface area (Å²) < 4.78 is 0. The van der Waals surface area contributed by atoms with Gasteiger partial charge in [0.05, 0.1) is 18.3 Å². The van der Waals surface area contributed by atoms with E-state index in [4.69, 9.17) is 0 Å². The van der Waals surface area contributed by atoms with E-state index in [-0.39, 0.29) is 18.1 Å². The van der Waals surface area contributed by atoms with Gasteiger partial charge in [-0.1, -0.05) is 36.4 Å². The molecule has 2 amide bonds. The van der Waals surface area contributed by atoms with Gasteiger partial charge in [0.15, 0.2) is 0 Å². The van der Waals surface area contributed by atoms with Crippen molar-refractivity contribution in [1.82, 2.24) is 20.2 Å². The SMILES string of the molecule is Cc1nccc(CNC(=O)N2C3C=C(c4ccccc4)CC2CC3)n1. The van der Waals surface area contributed by atoms with Crippen LogP contribution in [0.3, 0.4) is 0 Å². The summed E-state index contributed by atoms with van der Waals surface area (Å²) in [7, 11) is 0. The Hall–Kier alpha value is -2.69. The number of carbonyl (C=O) groups excluding carboxylic acids is 1. The normalized spacial score (nSPS) is 21.8. The first-order chi connectivity index (χ1) is 12.2. The Kier molecular flexibility index (Phi) is 4.22. The number of carbonyl (C=O) groups is 1. The Morgan fingerprint density at radius 3 is 2.84 bits per heavy atom. The highest BCUT2D eigenvalue weighted by molar-refractivity contribution is 5.78. The Morgan fingerprint density at radius 1 is 1.24 bits per heavy atom. The summed E-state index contributed by atoms with van der Waals surface area (Å²) in [6, 6.07) is 12.8. The first-order valence-corrected chi connectivity index (χ1v) is 8.81. The molecule has 1 saturated heterocycles. The fourth-order valence-corrected chi connectivity index (χ4v) is 3.87. The van der Waals surface area contributed by atoms with Gasteiger partial charge < -0.3 is 10.2 Å². The number of hydrogen-bond donors (Lipinski definition) is 1. The number of aryl methyl sites for hydroxylation is 1. The molecule has 2 unspecified atom stereocenters. The summed E-state index contributed by atoms with van der Waals surface area (Å²) in [5, 5.41) is 3.02. The molecule has 2 atom stereocenters. The Labute approximate surface area is 147 Å². The van der Waals surface area contributed by atoms with Gasteiger partial charge in [-0.05, 0) is 43.4 Å². The Morgan fingerprint density at radius 2 is 2.08 bits per heavy atom. The molecule has 128 valence electrons. The van der Waals surface area contributed by atoms with Gasteiger partial charge in [-0.25, -0.2) is 14.8 Å². The molecular formula is C20H22N4O. The quantitative estimate of drug-likeness (QED) is 0.937. The van der Waals surface area contributed by atoms with E-state index in [0.29, 0.717) is 6.54 Å². The molecule has 1 N–H and O–H groups in total. The molecule has 2 bridgehead atoms. The molecule has 25 heavy (non-hydrogen) atoms. The summed E-state index contributed by atoms with van der Waals surface area (Å²) in [5.41, 5.74) is 3.48. The zero-order valence-corrected chi connectivity index (χ0v) is 14.4. The highest BCUT2D eigenvalue weighted by Gasteiger charge is 2.39. The minimum absolute atomic E-state index is 0.00660. The zero-order valence-electron chi connectivity index (χ0n) is 14.4. The van der Waals surface area contributed by atoms with Crippen LogP contribution in [0.25, 0.3) is 5.57 Å². The van der Waals surface area contributed by atoms with E-state index in [0.717, 1.165) is 30.8 Å². The molecule has 1 fully saturated rings. The van der Waals surface area contributed by atoms with Crippen LogP contribution in [0.2, 0.25) is 0 Å². The van der Waals surface area contributed by atoms with Crippen LogP contribution in [0.15, 0.2) is 48.7 Å². The first-order valence-electron chi connectivity index (χ1n) is 8.81. The first kappa shape index (κ1) is 15.8. The van der Waals surface area contributed by atoms with Gasteiger partial charge in [-0.2, -0.15) is 0 Å². The van der Waals surface area contributed by atoms with Crippen molar-refractivity contribution in [1.29, 1.82) is 0 Å². The third kappa shape index (κ3) is 3.27. The van der Waals surface area contributed by atoms with Gasteiger partial charge in [0.25, 0.3) is 0 Å². The molecule has 0 radical (unpaired) electrons. The van der Waals surface area contributed by atoms with Crippen molar-refractivity contribution in [3.63, 3.8) is 0 Å².